The number of fused-ring (bicyclic) bond motifs is 1. The molecule has 0 unspecified atom stereocenters. The zero-order valence-electron chi connectivity index (χ0n) is 13.4. The van der Waals surface area contributed by atoms with Gasteiger partial charge in [-0.25, -0.2) is 15.0 Å². The van der Waals surface area contributed by atoms with Gasteiger partial charge >= 0.3 is 0 Å². The standard InChI is InChI=1S/C17H14N6O2/c1-11-19-8-15(25-11)13-4-12-5-16(21-7-14(12)20-6-13)22-17(24)9-23-3-2-18-10-23/h2-8,10H,9H2,1H3,(H,21,22,24). The SMILES string of the molecule is Cc1ncc(-c2cnc3cnc(NC(=O)Cn4ccnc4)cc3c2)o1. The second kappa shape index (κ2) is 6.16. The maximum absolute atomic E-state index is 12.1. The van der Waals surface area contributed by atoms with E-state index in [-0.39, 0.29) is 12.5 Å². The van der Waals surface area contributed by atoms with Gasteiger partial charge in [0.1, 0.15) is 12.4 Å². The molecule has 1 amide bonds. The van der Waals surface area contributed by atoms with Crippen molar-refractivity contribution in [3.8, 4) is 11.3 Å². The van der Waals surface area contributed by atoms with Crippen molar-refractivity contribution in [2.45, 2.75) is 13.5 Å². The average molecular weight is 334 g/mol. The van der Waals surface area contributed by atoms with Gasteiger partial charge in [-0.2, -0.15) is 0 Å². The van der Waals surface area contributed by atoms with Crippen molar-refractivity contribution in [3.05, 3.63) is 55.3 Å². The third-order valence-corrected chi connectivity index (χ3v) is 3.63. The van der Waals surface area contributed by atoms with Crippen molar-refractivity contribution < 1.29 is 9.21 Å². The number of carbonyl (C=O) groups is 1. The number of imidazole rings is 1. The highest BCUT2D eigenvalue weighted by atomic mass is 16.4. The topological polar surface area (TPSA) is 98.7 Å². The maximum atomic E-state index is 12.1. The highest BCUT2D eigenvalue weighted by Gasteiger charge is 2.08. The summed E-state index contributed by atoms with van der Waals surface area (Å²) < 4.78 is 7.21. The fraction of sp³-hybridized carbons (Fsp3) is 0.118. The molecule has 0 aromatic carbocycles. The third-order valence-electron chi connectivity index (χ3n) is 3.63. The van der Waals surface area contributed by atoms with Gasteiger partial charge in [0.15, 0.2) is 11.7 Å². The summed E-state index contributed by atoms with van der Waals surface area (Å²) in [5.41, 5.74) is 1.54. The molecular weight excluding hydrogens is 320 g/mol. The van der Waals surface area contributed by atoms with Crippen LogP contribution in [0.1, 0.15) is 5.89 Å². The Morgan fingerprint density at radius 3 is 2.88 bits per heavy atom. The summed E-state index contributed by atoms with van der Waals surface area (Å²) in [4.78, 5) is 28.7. The number of pyridine rings is 2. The molecule has 8 nitrogen and oxygen atoms in total. The average Bonchev–Trinajstić information content (AvgIpc) is 3.26. The minimum Gasteiger partial charge on any atom is -0.441 e. The number of hydrogen-bond acceptors (Lipinski definition) is 6. The van der Waals surface area contributed by atoms with Crippen LogP contribution in [0.5, 0.6) is 0 Å². The first kappa shape index (κ1) is 15.0. The Morgan fingerprint density at radius 2 is 2.12 bits per heavy atom. The normalized spacial score (nSPS) is 10.9. The lowest BCUT2D eigenvalue weighted by atomic mass is 10.1. The molecular formula is C17H14N6O2. The van der Waals surface area contributed by atoms with Crippen molar-refractivity contribution in [3.63, 3.8) is 0 Å². The van der Waals surface area contributed by atoms with Crippen LogP contribution in [-0.2, 0) is 11.3 Å². The van der Waals surface area contributed by atoms with Crippen LogP contribution < -0.4 is 5.32 Å². The molecule has 0 saturated heterocycles. The predicted molar refractivity (Wildman–Crippen MR) is 90.6 cm³/mol. The summed E-state index contributed by atoms with van der Waals surface area (Å²) in [6.07, 6.45) is 9.93. The fourth-order valence-electron chi connectivity index (χ4n) is 2.46. The van der Waals surface area contributed by atoms with Gasteiger partial charge in [-0.05, 0) is 12.1 Å². The molecule has 4 heterocycles. The van der Waals surface area contributed by atoms with Crippen LogP contribution in [0.25, 0.3) is 22.2 Å². The number of anilines is 1. The molecule has 8 heteroatoms. The molecule has 0 aliphatic rings. The van der Waals surface area contributed by atoms with E-state index in [0.717, 1.165) is 16.5 Å². The van der Waals surface area contributed by atoms with E-state index < -0.39 is 0 Å². The Balaban J connectivity index is 1.59. The van der Waals surface area contributed by atoms with Crippen molar-refractivity contribution >= 4 is 22.6 Å². The first-order valence-electron chi connectivity index (χ1n) is 7.61. The molecule has 0 aliphatic carbocycles. The highest BCUT2D eigenvalue weighted by Crippen LogP contribution is 2.24. The van der Waals surface area contributed by atoms with E-state index in [9.17, 15) is 4.79 Å². The molecule has 0 fully saturated rings. The van der Waals surface area contributed by atoms with Crippen LogP contribution in [-0.4, -0.2) is 30.4 Å². The van der Waals surface area contributed by atoms with E-state index in [1.54, 1.807) is 54.9 Å². The van der Waals surface area contributed by atoms with Gasteiger partial charge in [-0.15, -0.1) is 0 Å². The van der Waals surface area contributed by atoms with Crippen molar-refractivity contribution in [2.75, 3.05) is 5.32 Å². The maximum Gasteiger partial charge on any atom is 0.245 e. The zero-order valence-corrected chi connectivity index (χ0v) is 13.4. The summed E-state index contributed by atoms with van der Waals surface area (Å²) in [5.74, 6) is 1.52. The van der Waals surface area contributed by atoms with Crippen LogP contribution in [0.2, 0.25) is 0 Å². The quantitative estimate of drug-likeness (QED) is 0.615. The molecule has 4 rings (SSSR count). The van der Waals surface area contributed by atoms with Gasteiger partial charge in [0, 0.05) is 36.5 Å². The number of oxazole rings is 1. The Bertz CT molecular complexity index is 1040. The zero-order chi connectivity index (χ0) is 17.2. The summed E-state index contributed by atoms with van der Waals surface area (Å²) in [6.45, 7) is 1.96. The molecule has 0 saturated carbocycles. The fourth-order valence-corrected chi connectivity index (χ4v) is 2.46. The molecule has 0 spiro atoms. The van der Waals surface area contributed by atoms with Crippen molar-refractivity contribution in [1.82, 2.24) is 24.5 Å². The first-order chi connectivity index (χ1) is 12.2. The van der Waals surface area contributed by atoms with Crippen LogP contribution >= 0.6 is 0 Å². The number of nitrogens with zero attached hydrogens (tertiary/aromatic N) is 5. The van der Waals surface area contributed by atoms with Crippen LogP contribution in [0.3, 0.4) is 0 Å². The highest BCUT2D eigenvalue weighted by molar-refractivity contribution is 5.92. The number of hydrogen-bond donors (Lipinski definition) is 1. The van der Waals surface area contributed by atoms with E-state index in [1.165, 1.54) is 0 Å². The largest absolute Gasteiger partial charge is 0.441 e. The van der Waals surface area contributed by atoms with Crippen molar-refractivity contribution in [1.29, 1.82) is 0 Å². The molecule has 4 aromatic rings. The molecule has 0 radical (unpaired) electrons. The lowest BCUT2D eigenvalue weighted by molar-refractivity contribution is -0.116. The first-order valence-corrected chi connectivity index (χ1v) is 7.61. The second-order valence-electron chi connectivity index (χ2n) is 5.51. The van der Waals surface area contributed by atoms with E-state index in [1.807, 2.05) is 6.07 Å². The summed E-state index contributed by atoms with van der Waals surface area (Å²) >= 11 is 0. The van der Waals surface area contributed by atoms with Crippen LogP contribution in [0.15, 0.2) is 53.9 Å². The Hall–Kier alpha value is -3.55. The lowest BCUT2D eigenvalue weighted by Crippen LogP contribution is -2.18. The van der Waals surface area contributed by atoms with Gasteiger partial charge in [0.2, 0.25) is 5.91 Å². The Kier molecular flexibility index (Phi) is 3.70. The number of rotatable bonds is 4. The Labute approximate surface area is 142 Å². The smallest absolute Gasteiger partial charge is 0.245 e. The molecule has 124 valence electrons. The van der Waals surface area contributed by atoms with Crippen LogP contribution in [0, 0.1) is 6.92 Å². The Morgan fingerprint density at radius 1 is 1.20 bits per heavy atom. The number of nitrogens with one attached hydrogen (secondary N) is 1. The van der Waals surface area contributed by atoms with E-state index in [2.05, 4.69) is 25.3 Å². The van der Waals surface area contributed by atoms with Gasteiger partial charge in [0.05, 0.1) is 24.2 Å². The molecule has 1 N–H and O–H groups in total. The number of aryl methyl sites for hydroxylation is 1. The third kappa shape index (κ3) is 3.23. The van der Waals surface area contributed by atoms with Crippen molar-refractivity contribution in [2.24, 2.45) is 0 Å². The van der Waals surface area contributed by atoms with E-state index in [0.29, 0.717) is 17.5 Å². The molecule has 0 aliphatic heterocycles. The number of aromatic nitrogens is 5. The molecule has 4 aromatic heterocycles. The number of amides is 1. The number of carbonyl (C=O) groups excluding carboxylic acids is 1. The van der Waals surface area contributed by atoms with Crippen LogP contribution in [0.4, 0.5) is 5.82 Å². The van der Waals surface area contributed by atoms with E-state index in [4.69, 9.17) is 4.42 Å². The van der Waals surface area contributed by atoms with E-state index >= 15 is 0 Å². The molecule has 25 heavy (non-hydrogen) atoms. The van der Waals surface area contributed by atoms with Gasteiger partial charge in [-0.3, -0.25) is 9.78 Å². The minimum atomic E-state index is -0.181. The summed E-state index contributed by atoms with van der Waals surface area (Å²) in [6, 6.07) is 3.70. The summed E-state index contributed by atoms with van der Waals surface area (Å²) in [5, 5.41) is 3.62. The second-order valence-corrected chi connectivity index (χ2v) is 5.51. The van der Waals surface area contributed by atoms with Gasteiger partial charge in [0.25, 0.3) is 0 Å². The lowest BCUT2D eigenvalue weighted by Gasteiger charge is -2.06. The minimum absolute atomic E-state index is 0.176. The summed E-state index contributed by atoms with van der Waals surface area (Å²) in [7, 11) is 0. The monoisotopic (exact) mass is 334 g/mol. The predicted octanol–water partition coefficient (Wildman–Crippen LogP) is 2.43. The molecule has 0 bridgehead atoms. The van der Waals surface area contributed by atoms with Gasteiger partial charge in [-0.1, -0.05) is 0 Å². The van der Waals surface area contributed by atoms with Gasteiger partial charge < -0.3 is 14.3 Å². The molecule has 0 atom stereocenters.